The van der Waals surface area contributed by atoms with E-state index in [9.17, 15) is 0 Å². The smallest absolute Gasteiger partial charge is 0.143 e. The van der Waals surface area contributed by atoms with E-state index < -0.39 is 0 Å². The van der Waals surface area contributed by atoms with Crippen molar-refractivity contribution in [1.82, 2.24) is 4.90 Å². The highest BCUT2D eigenvalue weighted by Gasteiger charge is 2.38. The SMILES string of the molecule is COc1cc(N2[C@@H]3CC[C@H]2CN(C)C3)ccc1N. The van der Waals surface area contributed by atoms with Crippen LogP contribution >= 0.6 is 0 Å². The molecule has 2 aliphatic rings. The number of anilines is 2. The Balaban J connectivity index is 1.91. The van der Waals surface area contributed by atoms with E-state index >= 15 is 0 Å². The van der Waals surface area contributed by atoms with E-state index in [-0.39, 0.29) is 0 Å². The van der Waals surface area contributed by atoms with Gasteiger partial charge in [0.05, 0.1) is 12.8 Å². The van der Waals surface area contributed by atoms with Crippen molar-refractivity contribution in [1.29, 1.82) is 0 Å². The van der Waals surface area contributed by atoms with Crippen LogP contribution in [0.3, 0.4) is 0 Å². The molecule has 2 heterocycles. The number of hydrogen-bond acceptors (Lipinski definition) is 4. The van der Waals surface area contributed by atoms with Crippen molar-refractivity contribution in [2.45, 2.75) is 24.9 Å². The Labute approximate surface area is 108 Å². The van der Waals surface area contributed by atoms with E-state index in [4.69, 9.17) is 10.5 Å². The number of nitrogen functional groups attached to an aromatic ring is 1. The second-order valence-electron chi connectivity index (χ2n) is 5.44. The van der Waals surface area contributed by atoms with Crippen molar-refractivity contribution < 1.29 is 4.74 Å². The van der Waals surface area contributed by atoms with Gasteiger partial charge < -0.3 is 20.3 Å². The Morgan fingerprint density at radius 2 is 1.89 bits per heavy atom. The topological polar surface area (TPSA) is 41.7 Å². The first-order chi connectivity index (χ1) is 8.69. The highest BCUT2D eigenvalue weighted by Crippen LogP contribution is 2.37. The van der Waals surface area contributed by atoms with Gasteiger partial charge in [-0.15, -0.1) is 0 Å². The molecule has 0 amide bonds. The first-order valence-corrected chi connectivity index (χ1v) is 6.59. The molecule has 2 N–H and O–H groups in total. The van der Waals surface area contributed by atoms with E-state index in [1.54, 1.807) is 7.11 Å². The third-order valence-electron chi connectivity index (χ3n) is 4.18. The van der Waals surface area contributed by atoms with Crippen LogP contribution in [0.15, 0.2) is 18.2 Å². The van der Waals surface area contributed by atoms with Gasteiger partial charge in [0.15, 0.2) is 0 Å². The molecule has 2 fully saturated rings. The molecule has 2 saturated heterocycles. The number of nitrogens with two attached hydrogens (primary N) is 1. The van der Waals surface area contributed by atoms with Gasteiger partial charge in [-0.1, -0.05) is 0 Å². The Kier molecular flexibility index (Phi) is 2.82. The van der Waals surface area contributed by atoms with Crippen molar-refractivity contribution in [3.63, 3.8) is 0 Å². The minimum Gasteiger partial charge on any atom is -0.495 e. The fourth-order valence-corrected chi connectivity index (χ4v) is 3.40. The van der Waals surface area contributed by atoms with Crippen LogP contribution in [-0.4, -0.2) is 44.2 Å². The van der Waals surface area contributed by atoms with Crippen molar-refractivity contribution in [3.05, 3.63) is 18.2 Å². The van der Waals surface area contributed by atoms with Crippen molar-refractivity contribution >= 4 is 11.4 Å². The van der Waals surface area contributed by atoms with Gasteiger partial charge >= 0.3 is 0 Å². The summed E-state index contributed by atoms with van der Waals surface area (Å²) in [6, 6.07) is 7.43. The van der Waals surface area contributed by atoms with Gasteiger partial charge in [-0.3, -0.25) is 0 Å². The van der Waals surface area contributed by atoms with E-state index in [0.717, 1.165) is 18.8 Å². The summed E-state index contributed by atoms with van der Waals surface area (Å²) in [5.74, 6) is 0.783. The highest BCUT2D eigenvalue weighted by atomic mass is 16.5. The lowest BCUT2D eigenvalue weighted by Gasteiger charge is -2.41. The Bertz CT molecular complexity index is 435. The van der Waals surface area contributed by atoms with Gasteiger partial charge in [0.25, 0.3) is 0 Å². The van der Waals surface area contributed by atoms with Crippen molar-refractivity contribution in [2.24, 2.45) is 0 Å². The summed E-state index contributed by atoms with van der Waals surface area (Å²) in [4.78, 5) is 5.00. The molecule has 0 saturated carbocycles. The predicted octanol–water partition coefficient (Wildman–Crippen LogP) is 1.56. The number of methoxy groups -OCH3 is 1. The molecule has 0 aliphatic carbocycles. The number of ether oxygens (including phenoxy) is 1. The normalized spacial score (nSPS) is 27.6. The van der Waals surface area contributed by atoms with Crippen LogP contribution in [0.25, 0.3) is 0 Å². The third-order valence-corrected chi connectivity index (χ3v) is 4.18. The number of fused-ring (bicyclic) bond motifs is 2. The minimum absolute atomic E-state index is 0.641. The average molecular weight is 247 g/mol. The molecular formula is C14H21N3O. The first kappa shape index (κ1) is 11.7. The van der Waals surface area contributed by atoms with Crippen molar-refractivity contribution in [2.75, 3.05) is 37.9 Å². The van der Waals surface area contributed by atoms with Gasteiger partial charge in [-0.25, -0.2) is 0 Å². The summed E-state index contributed by atoms with van der Waals surface area (Å²) in [6.07, 6.45) is 2.59. The average Bonchev–Trinajstić information content (AvgIpc) is 2.63. The van der Waals surface area contributed by atoms with E-state index in [1.807, 2.05) is 6.07 Å². The molecule has 0 aromatic heterocycles. The summed E-state index contributed by atoms with van der Waals surface area (Å²) in [5.41, 5.74) is 7.85. The minimum atomic E-state index is 0.641. The van der Waals surface area contributed by atoms with Crippen LogP contribution < -0.4 is 15.4 Å². The van der Waals surface area contributed by atoms with Crippen LogP contribution in [0, 0.1) is 0 Å². The third kappa shape index (κ3) is 1.81. The number of likely N-dealkylation sites (N-methyl/N-ethyl adjacent to an activating group) is 1. The molecule has 98 valence electrons. The molecule has 4 nitrogen and oxygen atoms in total. The molecule has 1 aromatic rings. The van der Waals surface area contributed by atoms with Crippen LogP contribution in [0.1, 0.15) is 12.8 Å². The zero-order chi connectivity index (χ0) is 12.7. The van der Waals surface area contributed by atoms with Crippen LogP contribution in [0.2, 0.25) is 0 Å². The molecule has 2 atom stereocenters. The van der Waals surface area contributed by atoms with Gasteiger partial charge in [0.2, 0.25) is 0 Å². The lowest BCUT2D eigenvalue weighted by molar-refractivity contribution is 0.264. The molecule has 3 rings (SSSR count). The number of piperazine rings is 1. The summed E-state index contributed by atoms with van der Waals surface area (Å²) in [5, 5.41) is 0. The summed E-state index contributed by atoms with van der Waals surface area (Å²) < 4.78 is 5.33. The number of hydrogen-bond donors (Lipinski definition) is 1. The number of likely N-dealkylation sites (tertiary alicyclic amines) is 1. The van der Waals surface area contributed by atoms with Crippen LogP contribution in [0.5, 0.6) is 5.75 Å². The zero-order valence-electron chi connectivity index (χ0n) is 11.1. The quantitative estimate of drug-likeness (QED) is 0.805. The maximum atomic E-state index is 5.88. The second kappa shape index (κ2) is 4.35. The lowest BCUT2D eigenvalue weighted by atomic mass is 10.1. The number of benzene rings is 1. The molecule has 18 heavy (non-hydrogen) atoms. The number of rotatable bonds is 2. The first-order valence-electron chi connectivity index (χ1n) is 6.59. The summed E-state index contributed by atoms with van der Waals surface area (Å²) in [6.45, 7) is 2.31. The maximum Gasteiger partial charge on any atom is 0.143 e. The fraction of sp³-hybridized carbons (Fsp3) is 0.571. The summed E-state index contributed by atoms with van der Waals surface area (Å²) >= 11 is 0. The molecule has 4 heteroatoms. The van der Waals surface area contributed by atoms with Gasteiger partial charge in [0, 0.05) is 36.9 Å². The predicted molar refractivity (Wildman–Crippen MR) is 74.2 cm³/mol. The summed E-state index contributed by atoms with van der Waals surface area (Å²) in [7, 11) is 3.89. The van der Waals surface area contributed by atoms with Crippen LogP contribution in [0.4, 0.5) is 11.4 Å². The highest BCUT2D eigenvalue weighted by molar-refractivity contribution is 5.63. The van der Waals surface area contributed by atoms with Gasteiger partial charge in [-0.05, 0) is 32.0 Å². The lowest BCUT2D eigenvalue weighted by Crippen LogP contribution is -2.52. The van der Waals surface area contributed by atoms with E-state index in [2.05, 4.69) is 29.0 Å². The fourth-order valence-electron chi connectivity index (χ4n) is 3.40. The second-order valence-corrected chi connectivity index (χ2v) is 5.44. The monoisotopic (exact) mass is 247 g/mol. The maximum absolute atomic E-state index is 5.88. The molecule has 2 bridgehead atoms. The van der Waals surface area contributed by atoms with Crippen LogP contribution in [-0.2, 0) is 0 Å². The van der Waals surface area contributed by atoms with Crippen molar-refractivity contribution in [3.8, 4) is 5.75 Å². The molecule has 1 aromatic carbocycles. The largest absolute Gasteiger partial charge is 0.495 e. The standard InChI is InChI=1S/C14H21N3O/c1-16-8-11-3-4-12(9-16)17(11)10-5-6-13(15)14(7-10)18-2/h5-7,11-12H,3-4,8-9,15H2,1-2H3/t11-,12+. The molecule has 0 radical (unpaired) electrons. The number of nitrogens with zero attached hydrogens (tertiary/aromatic N) is 2. The van der Waals surface area contributed by atoms with E-state index in [1.165, 1.54) is 18.5 Å². The Hall–Kier alpha value is -1.42. The molecule has 2 aliphatic heterocycles. The molecule has 0 unspecified atom stereocenters. The Morgan fingerprint density at radius 3 is 2.50 bits per heavy atom. The Morgan fingerprint density at radius 1 is 1.22 bits per heavy atom. The van der Waals surface area contributed by atoms with Gasteiger partial charge in [-0.2, -0.15) is 0 Å². The molecular weight excluding hydrogens is 226 g/mol. The van der Waals surface area contributed by atoms with Gasteiger partial charge in [0.1, 0.15) is 5.75 Å². The van der Waals surface area contributed by atoms with E-state index in [0.29, 0.717) is 17.8 Å². The molecule has 0 spiro atoms. The zero-order valence-corrected chi connectivity index (χ0v) is 11.1.